The van der Waals surface area contributed by atoms with E-state index in [-0.39, 0.29) is 6.10 Å². The summed E-state index contributed by atoms with van der Waals surface area (Å²) < 4.78 is 10.9. The lowest BCUT2D eigenvalue weighted by Gasteiger charge is -2.10. The van der Waals surface area contributed by atoms with Crippen molar-refractivity contribution in [3.63, 3.8) is 0 Å². The number of nitrogens with zero attached hydrogens (tertiary/aromatic N) is 1. The van der Waals surface area contributed by atoms with Crippen LogP contribution in [0.5, 0.6) is 0 Å². The molecule has 2 aliphatic rings. The summed E-state index contributed by atoms with van der Waals surface area (Å²) in [5.41, 5.74) is 1.08. The van der Waals surface area contributed by atoms with Crippen molar-refractivity contribution < 1.29 is 9.47 Å². The maximum absolute atomic E-state index is 5.63. The lowest BCUT2D eigenvalue weighted by Crippen LogP contribution is -2.15. The SMILES string of the molecule is COCc1nc(C(OC)C2CC2)sc1CNC1CC1. The number of rotatable bonds is 8. The van der Waals surface area contributed by atoms with Gasteiger partial charge in [0.25, 0.3) is 0 Å². The number of aromatic nitrogens is 1. The fourth-order valence-corrected chi connectivity index (χ4v) is 3.52. The molecule has 0 amide bonds. The van der Waals surface area contributed by atoms with E-state index >= 15 is 0 Å². The van der Waals surface area contributed by atoms with Crippen LogP contribution in [0.2, 0.25) is 0 Å². The largest absolute Gasteiger partial charge is 0.378 e. The molecule has 1 N–H and O–H groups in total. The number of nitrogens with one attached hydrogen (secondary N) is 1. The van der Waals surface area contributed by atoms with Gasteiger partial charge >= 0.3 is 0 Å². The van der Waals surface area contributed by atoms with E-state index in [0.29, 0.717) is 12.5 Å². The van der Waals surface area contributed by atoms with Crippen LogP contribution in [0.3, 0.4) is 0 Å². The first-order valence-corrected chi connectivity index (χ1v) is 7.87. The van der Waals surface area contributed by atoms with Crippen LogP contribution in [0.15, 0.2) is 0 Å². The molecule has 1 atom stereocenters. The molecule has 1 aromatic heterocycles. The fourth-order valence-electron chi connectivity index (χ4n) is 2.33. The van der Waals surface area contributed by atoms with Crippen molar-refractivity contribution >= 4 is 11.3 Å². The smallest absolute Gasteiger partial charge is 0.122 e. The van der Waals surface area contributed by atoms with E-state index in [2.05, 4.69) is 5.32 Å². The third-order valence-corrected chi connectivity index (χ3v) is 4.91. The molecule has 0 spiro atoms. The Morgan fingerprint density at radius 3 is 2.68 bits per heavy atom. The van der Waals surface area contributed by atoms with E-state index in [1.165, 1.54) is 30.6 Å². The zero-order valence-electron chi connectivity index (χ0n) is 11.6. The summed E-state index contributed by atoms with van der Waals surface area (Å²) in [6, 6.07) is 0.725. The third kappa shape index (κ3) is 3.34. The summed E-state index contributed by atoms with van der Waals surface area (Å²) in [6.45, 7) is 1.52. The van der Waals surface area contributed by atoms with Gasteiger partial charge in [0, 0.05) is 31.7 Å². The average molecular weight is 282 g/mol. The van der Waals surface area contributed by atoms with Crippen LogP contribution in [0.4, 0.5) is 0 Å². The summed E-state index contributed by atoms with van der Waals surface area (Å²) >= 11 is 1.79. The van der Waals surface area contributed by atoms with E-state index in [9.17, 15) is 0 Å². The standard InChI is InChI=1S/C14H22N2O2S/c1-17-8-11-12(7-15-10-5-6-10)19-14(16-11)13(18-2)9-3-4-9/h9-10,13,15H,3-8H2,1-2H3. The van der Waals surface area contributed by atoms with E-state index in [0.717, 1.165) is 23.3 Å². The van der Waals surface area contributed by atoms with E-state index in [1.807, 2.05) is 0 Å². The Bertz CT molecular complexity index is 427. The monoisotopic (exact) mass is 282 g/mol. The highest BCUT2D eigenvalue weighted by Crippen LogP contribution is 2.44. The first kappa shape index (κ1) is 13.5. The van der Waals surface area contributed by atoms with Gasteiger partial charge in [-0.3, -0.25) is 0 Å². The molecular weight excluding hydrogens is 260 g/mol. The second-order valence-electron chi connectivity index (χ2n) is 5.50. The summed E-state index contributed by atoms with van der Waals surface area (Å²) in [5, 5.41) is 4.69. The van der Waals surface area contributed by atoms with Crippen molar-refractivity contribution in [1.29, 1.82) is 0 Å². The first-order chi connectivity index (χ1) is 9.31. The van der Waals surface area contributed by atoms with Crippen molar-refractivity contribution in [3.8, 4) is 0 Å². The zero-order valence-corrected chi connectivity index (χ0v) is 12.5. The van der Waals surface area contributed by atoms with Crippen molar-refractivity contribution in [3.05, 3.63) is 15.6 Å². The molecule has 0 bridgehead atoms. The number of thiazole rings is 1. The van der Waals surface area contributed by atoms with Gasteiger partial charge in [-0.1, -0.05) is 0 Å². The second-order valence-corrected chi connectivity index (χ2v) is 6.62. The maximum Gasteiger partial charge on any atom is 0.122 e. The van der Waals surface area contributed by atoms with Gasteiger partial charge < -0.3 is 14.8 Å². The normalized spacial score (nSPS) is 20.7. The fraction of sp³-hybridized carbons (Fsp3) is 0.786. The van der Waals surface area contributed by atoms with E-state index in [1.54, 1.807) is 25.6 Å². The molecule has 0 aliphatic heterocycles. The predicted molar refractivity (Wildman–Crippen MR) is 75.2 cm³/mol. The molecule has 0 saturated heterocycles. The Morgan fingerprint density at radius 1 is 1.32 bits per heavy atom. The van der Waals surface area contributed by atoms with Crippen molar-refractivity contribution in [1.82, 2.24) is 10.3 Å². The third-order valence-electron chi connectivity index (χ3n) is 3.75. The molecule has 5 heteroatoms. The molecule has 1 aromatic rings. The second kappa shape index (κ2) is 5.87. The van der Waals surface area contributed by atoms with Gasteiger partial charge in [0.05, 0.1) is 12.3 Å². The molecule has 0 aromatic carbocycles. The Hall–Kier alpha value is -0.490. The Balaban J connectivity index is 1.73. The molecule has 4 nitrogen and oxygen atoms in total. The number of hydrogen-bond donors (Lipinski definition) is 1. The first-order valence-electron chi connectivity index (χ1n) is 7.05. The zero-order chi connectivity index (χ0) is 13.2. The molecule has 1 heterocycles. The molecule has 19 heavy (non-hydrogen) atoms. The van der Waals surface area contributed by atoms with Crippen LogP contribution in [0.25, 0.3) is 0 Å². The van der Waals surface area contributed by atoms with Crippen LogP contribution in [0.1, 0.15) is 47.4 Å². The van der Waals surface area contributed by atoms with E-state index < -0.39 is 0 Å². The number of hydrogen-bond acceptors (Lipinski definition) is 5. The highest BCUT2D eigenvalue weighted by atomic mass is 32.1. The Morgan fingerprint density at radius 2 is 2.11 bits per heavy atom. The predicted octanol–water partition coefficient (Wildman–Crippen LogP) is 2.64. The molecule has 3 rings (SSSR count). The van der Waals surface area contributed by atoms with E-state index in [4.69, 9.17) is 14.5 Å². The van der Waals surface area contributed by atoms with Crippen molar-refractivity contribution in [2.45, 2.75) is 51.0 Å². The minimum absolute atomic E-state index is 0.190. The molecule has 1 unspecified atom stereocenters. The minimum Gasteiger partial charge on any atom is -0.378 e. The maximum atomic E-state index is 5.63. The minimum atomic E-state index is 0.190. The molecule has 2 fully saturated rings. The molecule has 0 radical (unpaired) electrons. The van der Waals surface area contributed by atoms with Gasteiger partial charge in [0.1, 0.15) is 11.1 Å². The van der Waals surface area contributed by atoms with Crippen LogP contribution in [-0.2, 0) is 22.6 Å². The molecule has 106 valence electrons. The van der Waals surface area contributed by atoms with Crippen LogP contribution < -0.4 is 5.32 Å². The van der Waals surface area contributed by atoms with Crippen LogP contribution in [-0.4, -0.2) is 25.2 Å². The van der Waals surface area contributed by atoms with Gasteiger partial charge in [-0.25, -0.2) is 4.98 Å². The van der Waals surface area contributed by atoms with Gasteiger partial charge in [-0.15, -0.1) is 11.3 Å². The Kier molecular flexibility index (Phi) is 4.17. The average Bonchev–Trinajstić information content (AvgIpc) is 3.29. The van der Waals surface area contributed by atoms with Gasteiger partial charge in [0.2, 0.25) is 0 Å². The summed E-state index contributed by atoms with van der Waals surface area (Å²) in [5.74, 6) is 0.677. The number of ether oxygens (including phenoxy) is 2. The summed E-state index contributed by atoms with van der Waals surface area (Å²) in [7, 11) is 3.52. The van der Waals surface area contributed by atoms with Crippen molar-refractivity contribution in [2.75, 3.05) is 14.2 Å². The summed E-state index contributed by atoms with van der Waals surface area (Å²) in [4.78, 5) is 6.07. The highest BCUT2D eigenvalue weighted by molar-refractivity contribution is 7.11. The highest BCUT2D eigenvalue weighted by Gasteiger charge is 2.35. The van der Waals surface area contributed by atoms with Gasteiger partial charge in [0.15, 0.2) is 0 Å². The van der Waals surface area contributed by atoms with Crippen LogP contribution >= 0.6 is 11.3 Å². The molecular formula is C14H22N2O2S. The topological polar surface area (TPSA) is 43.4 Å². The lowest BCUT2D eigenvalue weighted by molar-refractivity contribution is 0.0839. The number of methoxy groups -OCH3 is 2. The Labute approximate surface area is 118 Å². The van der Waals surface area contributed by atoms with Gasteiger partial charge in [-0.2, -0.15) is 0 Å². The summed E-state index contributed by atoms with van der Waals surface area (Å²) in [6.07, 6.45) is 5.36. The van der Waals surface area contributed by atoms with Crippen molar-refractivity contribution in [2.24, 2.45) is 5.92 Å². The molecule has 2 saturated carbocycles. The van der Waals surface area contributed by atoms with Gasteiger partial charge in [-0.05, 0) is 31.6 Å². The lowest BCUT2D eigenvalue weighted by atomic mass is 10.2. The van der Waals surface area contributed by atoms with Crippen LogP contribution in [0, 0.1) is 5.92 Å². The molecule has 2 aliphatic carbocycles. The quantitative estimate of drug-likeness (QED) is 0.796.